The second kappa shape index (κ2) is 8.92. The van der Waals surface area contributed by atoms with Gasteiger partial charge in [-0.2, -0.15) is 0 Å². The van der Waals surface area contributed by atoms with Gasteiger partial charge >= 0.3 is 0 Å². The molecule has 6 heteroatoms. The lowest BCUT2D eigenvalue weighted by Crippen LogP contribution is -2.27. The maximum absolute atomic E-state index is 12.5. The van der Waals surface area contributed by atoms with Crippen molar-refractivity contribution in [3.05, 3.63) is 95.6 Å². The molecule has 0 radical (unpaired) electrons. The molecule has 3 aromatic carbocycles. The topological polar surface area (TPSA) is 75.3 Å². The Kier molecular flexibility index (Phi) is 6.34. The summed E-state index contributed by atoms with van der Waals surface area (Å²) in [6.07, 6.45) is 0. The quantitative estimate of drug-likeness (QED) is 0.611. The zero-order valence-electron chi connectivity index (χ0n) is 16.4. The fourth-order valence-corrected chi connectivity index (χ4v) is 3.93. The number of nitrogens with one attached hydrogen (secondary N) is 2. The molecule has 3 aromatic rings. The summed E-state index contributed by atoms with van der Waals surface area (Å²) < 4.78 is 27.4. The van der Waals surface area contributed by atoms with E-state index >= 15 is 0 Å². The molecule has 0 heterocycles. The molecular formula is C23H24N2O3S. The molecule has 0 aromatic heterocycles. The highest BCUT2D eigenvalue weighted by molar-refractivity contribution is 7.92. The van der Waals surface area contributed by atoms with Crippen LogP contribution in [-0.2, 0) is 10.0 Å². The lowest BCUT2D eigenvalue weighted by atomic mass is 10.0. The summed E-state index contributed by atoms with van der Waals surface area (Å²) in [7, 11) is -3.67. The van der Waals surface area contributed by atoms with Crippen molar-refractivity contribution in [2.75, 3.05) is 11.3 Å². The van der Waals surface area contributed by atoms with E-state index in [0.29, 0.717) is 17.8 Å². The van der Waals surface area contributed by atoms with Gasteiger partial charge in [-0.1, -0.05) is 55.0 Å². The van der Waals surface area contributed by atoms with Crippen molar-refractivity contribution in [3.8, 4) is 0 Å². The van der Waals surface area contributed by atoms with Crippen molar-refractivity contribution in [1.82, 2.24) is 5.32 Å². The van der Waals surface area contributed by atoms with Crippen molar-refractivity contribution >= 4 is 21.6 Å². The predicted octanol–water partition coefficient (Wildman–Crippen LogP) is 4.33. The van der Waals surface area contributed by atoms with Crippen molar-refractivity contribution in [2.24, 2.45) is 0 Å². The number of benzene rings is 3. The zero-order chi connectivity index (χ0) is 20.9. The first-order chi connectivity index (χ1) is 13.8. The van der Waals surface area contributed by atoms with Gasteiger partial charge < -0.3 is 5.32 Å². The highest BCUT2D eigenvalue weighted by Crippen LogP contribution is 2.18. The van der Waals surface area contributed by atoms with Gasteiger partial charge in [-0.05, 0) is 54.8 Å². The molecule has 0 saturated carbocycles. The molecule has 29 heavy (non-hydrogen) atoms. The van der Waals surface area contributed by atoms with Crippen molar-refractivity contribution in [1.29, 1.82) is 0 Å². The average molecular weight is 409 g/mol. The molecule has 0 spiro atoms. The van der Waals surface area contributed by atoms with Gasteiger partial charge in [0.2, 0.25) is 0 Å². The number of hydrogen-bond donors (Lipinski definition) is 2. The molecule has 3 rings (SSSR count). The Morgan fingerprint density at radius 2 is 1.52 bits per heavy atom. The number of sulfonamides is 1. The van der Waals surface area contributed by atoms with Crippen LogP contribution in [0.1, 0.15) is 34.3 Å². The van der Waals surface area contributed by atoms with Crippen LogP contribution in [0.2, 0.25) is 0 Å². The Labute approximate surface area is 171 Å². The van der Waals surface area contributed by atoms with Gasteiger partial charge in [0.15, 0.2) is 0 Å². The third-order valence-corrected chi connectivity index (χ3v) is 6.07. The lowest BCUT2D eigenvalue weighted by Gasteiger charge is -2.13. The fourth-order valence-electron chi connectivity index (χ4n) is 2.87. The minimum absolute atomic E-state index is 0.194. The Balaban J connectivity index is 1.60. The van der Waals surface area contributed by atoms with E-state index in [4.69, 9.17) is 0 Å². The highest BCUT2D eigenvalue weighted by Gasteiger charge is 2.14. The van der Waals surface area contributed by atoms with E-state index in [2.05, 4.69) is 17.0 Å². The molecule has 1 atom stereocenters. The van der Waals surface area contributed by atoms with E-state index in [9.17, 15) is 13.2 Å². The lowest BCUT2D eigenvalue weighted by molar-refractivity contribution is 0.0951. The van der Waals surface area contributed by atoms with Crippen LogP contribution < -0.4 is 10.0 Å². The van der Waals surface area contributed by atoms with Crippen LogP contribution in [0.3, 0.4) is 0 Å². The predicted molar refractivity (Wildman–Crippen MR) is 116 cm³/mol. The molecule has 0 aliphatic heterocycles. The van der Waals surface area contributed by atoms with E-state index in [1.54, 1.807) is 48.5 Å². The van der Waals surface area contributed by atoms with Gasteiger partial charge in [0.05, 0.1) is 4.90 Å². The van der Waals surface area contributed by atoms with Crippen LogP contribution in [0.15, 0.2) is 83.8 Å². The average Bonchev–Trinajstić information content (AvgIpc) is 2.73. The number of rotatable bonds is 7. The van der Waals surface area contributed by atoms with E-state index in [-0.39, 0.29) is 16.7 Å². The number of anilines is 1. The Hall–Kier alpha value is -3.12. The maximum Gasteiger partial charge on any atom is 0.261 e. The maximum atomic E-state index is 12.5. The smallest absolute Gasteiger partial charge is 0.261 e. The van der Waals surface area contributed by atoms with Gasteiger partial charge in [-0.25, -0.2) is 8.42 Å². The molecule has 0 fully saturated rings. The van der Waals surface area contributed by atoms with Gasteiger partial charge in [0.1, 0.15) is 0 Å². The van der Waals surface area contributed by atoms with Crippen molar-refractivity contribution in [3.63, 3.8) is 0 Å². The molecule has 0 unspecified atom stereocenters. The molecule has 5 nitrogen and oxygen atoms in total. The monoisotopic (exact) mass is 408 g/mol. The zero-order valence-corrected chi connectivity index (χ0v) is 17.2. The van der Waals surface area contributed by atoms with Gasteiger partial charge in [0, 0.05) is 17.8 Å². The summed E-state index contributed by atoms with van der Waals surface area (Å²) in [4.78, 5) is 12.6. The van der Waals surface area contributed by atoms with Crippen molar-refractivity contribution < 1.29 is 13.2 Å². The third kappa shape index (κ3) is 5.45. The summed E-state index contributed by atoms with van der Waals surface area (Å²) >= 11 is 0. The van der Waals surface area contributed by atoms with Gasteiger partial charge in [-0.3, -0.25) is 9.52 Å². The first kappa shape index (κ1) is 20.6. The summed E-state index contributed by atoms with van der Waals surface area (Å²) in [5.41, 5.74) is 3.03. The Morgan fingerprint density at radius 1 is 0.897 bits per heavy atom. The van der Waals surface area contributed by atoms with E-state index in [1.165, 1.54) is 0 Å². The summed E-state index contributed by atoms with van der Waals surface area (Å²) in [6.45, 7) is 4.47. The van der Waals surface area contributed by atoms with Crippen LogP contribution in [0.4, 0.5) is 5.69 Å². The van der Waals surface area contributed by atoms with Crippen LogP contribution in [0.5, 0.6) is 0 Å². The van der Waals surface area contributed by atoms with E-state index < -0.39 is 10.0 Å². The first-order valence-corrected chi connectivity index (χ1v) is 10.9. The van der Waals surface area contributed by atoms with Crippen molar-refractivity contribution in [2.45, 2.75) is 24.7 Å². The molecule has 0 saturated heterocycles. The first-order valence-electron chi connectivity index (χ1n) is 9.38. The fraction of sp³-hybridized carbons (Fsp3) is 0.174. The number of carbonyl (C=O) groups is 1. The second-order valence-corrected chi connectivity index (χ2v) is 8.70. The van der Waals surface area contributed by atoms with Gasteiger partial charge in [-0.15, -0.1) is 0 Å². The van der Waals surface area contributed by atoms with E-state index in [1.807, 2.05) is 37.3 Å². The number of aryl methyl sites for hydroxylation is 1. The summed E-state index contributed by atoms with van der Waals surface area (Å²) in [6, 6.07) is 23.0. The third-order valence-electron chi connectivity index (χ3n) is 4.67. The molecule has 1 amide bonds. The molecule has 0 aliphatic rings. The molecule has 150 valence electrons. The molecule has 0 bridgehead atoms. The van der Waals surface area contributed by atoms with Gasteiger partial charge in [0.25, 0.3) is 15.9 Å². The number of amides is 1. The Bertz CT molecular complexity index is 1060. The minimum atomic E-state index is -3.67. The summed E-state index contributed by atoms with van der Waals surface area (Å²) in [5.74, 6) is 0.00136. The SMILES string of the molecule is Cc1ccc(S(=O)(=O)Nc2ccc(C(=O)NC[C@H](C)c3ccccc3)cc2)cc1. The highest BCUT2D eigenvalue weighted by atomic mass is 32.2. The normalized spacial score (nSPS) is 12.2. The molecule has 0 aliphatic carbocycles. The molecular weight excluding hydrogens is 384 g/mol. The van der Waals surface area contributed by atoms with E-state index in [0.717, 1.165) is 11.1 Å². The van der Waals surface area contributed by atoms with Crippen LogP contribution in [0, 0.1) is 6.92 Å². The minimum Gasteiger partial charge on any atom is -0.351 e. The Morgan fingerprint density at radius 3 is 2.14 bits per heavy atom. The molecule has 2 N–H and O–H groups in total. The second-order valence-electron chi connectivity index (χ2n) is 7.02. The van der Waals surface area contributed by atoms with Crippen LogP contribution in [-0.4, -0.2) is 20.9 Å². The summed E-state index contributed by atoms with van der Waals surface area (Å²) in [5, 5.41) is 2.92. The van der Waals surface area contributed by atoms with Crippen LogP contribution >= 0.6 is 0 Å². The number of hydrogen-bond acceptors (Lipinski definition) is 3. The number of carbonyl (C=O) groups excluding carboxylic acids is 1. The standard InChI is InChI=1S/C23H24N2O3S/c1-17-8-14-22(15-9-17)29(27,28)25-21-12-10-20(11-13-21)23(26)24-16-18(2)19-6-4-3-5-7-19/h3-15,18,25H,16H2,1-2H3,(H,24,26)/t18-/m0/s1. The van der Waals surface area contributed by atoms with Crippen LogP contribution in [0.25, 0.3) is 0 Å². The largest absolute Gasteiger partial charge is 0.351 e.